The van der Waals surface area contributed by atoms with Gasteiger partial charge in [0.05, 0.1) is 0 Å². The van der Waals surface area contributed by atoms with Crippen LogP contribution in [-0.2, 0) is 6.42 Å². The van der Waals surface area contributed by atoms with Crippen LogP contribution in [0.2, 0.25) is 0 Å². The van der Waals surface area contributed by atoms with Gasteiger partial charge in [-0.1, -0.05) is 0 Å². The maximum Gasteiger partial charge on any atom is 0.138 e. The molecule has 0 aliphatic heterocycles. The van der Waals surface area contributed by atoms with E-state index < -0.39 is 0 Å². The highest BCUT2D eigenvalue weighted by molar-refractivity contribution is 5.02. The molecule has 0 amide bonds. The minimum atomic E-state index is -0.000324. The van der Waals surface area contributed by atoms with Gasteiger partial charge in [-0.2, -0.15) is 5.10 Å². The maximum absolute atomic E-state index is 6.18. The Hall–Kier alpha value is -0.900. The summed E-state index contributed by atoms with van der Waals surface area (Å²) >= 11 is 0. The molecule has 1 heterocycles. The average molecular weight is 194 g/mol. The van der Waals surface area contributed by atoms with Gasteiger partial charge in [-0.15, -0.1) is 0 Å². The van der Waals surface area contributed by atoms with E-state index in [0.717, 1.165) is 25.1 Å². The Balaban J connectivity index is 2.12. The summed E-state index contributed by atoms with van der Waals surface area (Å²) in [6.45, 7) is 4.23. The molecule has 78 valence electrons. The van der Waals surface area contributed by atoms with Crippen molar-refractivity contribution < 1.29 is 0 Å². The summed E-state index contributed by atoms with van der Waals surface area (Å²) in [5, 5.41) is 4.21. The number of rotatable bonds is 3. The first-order chi connectivity index (χ1) is 6.61. The van der Waals surface area contributed by atoms with E-state index in [1.54, 1.807) is 6.33 Å². The third-order valence-electron chi connectivity index (χ3n) is 3.00. The fourth-order valence-corrected chi connectivity index (χ4v) is 1.95. The molecule has 1 saturated carbocycles. The molecule has 1 aromatic rings. The minimum absolute atomic E-state index is 0.000324. The van der Waals surface area contributed by atoms with Crippen molar-refractivity contribution in [1.29, 1.82) is 0 Å². The van der Waals surface area contributed by atoms with Crippen LogP contribution in [-0.4, -0.2) is 20.3 Å². The number of nitrogens with zero attached hydrogens (tertiary/aromatic N) is 3. The molecule has 2 N–H and O–H groups in total. The molecule has 4 nitrogen and oxygen atoms in total. The molecule has 4 heteroatoms. The van der Waals surface area contributed by atoms with Gasteiger partial charge < -0.3 is 5.73 Å². The second kappa shape index (κ2) is 3.35. The minimum Gasteiger partial charge on any atom is -0.325 e. The molecule has 0 spiro atoms. The molecule has 0 atom stereocenters. The second-order valence-corrected chi connectivity index (χ2v) is 4.61. The Morgan fingerprint density at radius 1 is 1.57 bits per heavy atom. The van der Waals surface area contributed by atoms with Crippen molar-refractivity contribution in [1.82, 2.24) is 14.8 Å². The molecule has 0 radical (unpaired) electrons. The predicted molar refractivity (Wildman–Crippen MR) is 54.9 cm³/mol. The van der Waals surface area contributed by atoms with Crippen LogP contribution in [0.4, 0.5) is 0 Å². The van der Waals surface area contributed by atoms with Gasteiger partial charge in [-0.05, 0) is 33.1 Å². The molecular weight excluding hydrogens is 176 g/mol. The van der Waals surface area contributed by atoms with Crippen LogP contribution in [0.15, 0.2) is 6.33 Å². The lowest BCUT2D eigenvalue weighted by Gasteiger charge is -2.37. The van der Waals surface area contributed by atoms with Crippen molar-refractivity contribution in [3.8, 4) is 0 Å². The highest BCUT2D eigenvalue weighted by Gasteiger charge is 2.34. The Labute approximate surface area is 84.5 Å². The van der Waals surface area contributed by atoms with E-state index in [2.05, 4.69) is 23.9 Å². The lowest BCUT2D eigenvalue weighted by Crippen LogP contribution is -2.49. The van der Waals surface area contributed by atoms with E-state index in [1.165, 1.54) is 6.42 Å². The normalized spacial score (nSPS) is 19.7. The third-order valence-corrected chi connectivity index (χ3v) is 3.00. The zero-order valence-electron chi connectivity index (χ0n) is 8.90. The van der Waals surface area contributed by atoms with Crippen molar-refractivity contribution in [2.75, 3.05) is 0 Å². The molecule has 1 aliphatic carbocycles. The SMILES string of the molecule is CC(C)n1ncnc1CC1(N)CCC1. The molecule has 0 saturated heterocycles. The van der Waals surface area contributed by atoms with Gasteiger partial charge >= 0.3 is 0 Å². The summed E-state index contributed by atoms with van der Waals surface area (Å²) in [6.07, 6.45) is 5.99. The quantitative estimate of drug-likeness (QED) is 0.788. The van der Waals surface area contributed by atoms with Crippen molar-refractivity contribution >= 4 is 0 Å². The topological polar surface area (TPSA) is 56.7 Å². The van der Waals surface area contributed by atoms with E-state index in [9.17, 15) is 0 Å². The molecule has 0 aromatic carbocycles. The van der Waals surface area contributed by atoms with E-state index in [-0.39, 0.29) is 5.54 Å². The lowest BCUT2D eigenvalue weighted by atomic mass is 9.75. The van der Waals surface area contributed by atoms with Crippen molar-refractivity contribution in [3.63, 3.8) is 0 Å². The number of nitrogens with two attached hydrogens (primary N) is 1. The highest BCUT2D eigenvalue weighted by Crippen LogP contribution is 2.32. The van der Waals surface area contributed by atoms with Crippen LogP contribution >= 0.6 is 0 Å². The maximum atomic E-state index is 6.18. The molecular formula is C10H18N4. The van der Waals surface area contributed by atoms with Gasteiger partial charge in [0, 0.05) is 18.0 Å². The first-order valence-corrected chi connectivity index (χ1v) is 5.28. The van der Waals surface area contributed by atoms with E-state index >= 15 is 0 Å². The number of hydrogen-bond donors (Lipinski definition) is 1. The zero-order chi connectivity index (χ0) is 10.2. The molecule has 14 heavy (non-hydrogen) atoms. The fraction of sp³-hybridized carbons (Fsp3) is 0.800. The Kier molecular flexibility index (Phi) is 2.31. The standard InChI is InChI=1S/C10H18N4/c1-8(2)14-9(12-7-13-14)6-10(11)4-3-5-10/h7-8H,3-6,11H2,1-2H3. The van der Waals surface area contributed by atoms with Crippen molar-refractivity contribution in [3.05, 3.63) is 12.2 Å². The van der Waals surface area contributed by atoms with Gasteiger partial charge in [0.15, 0.2) is 0 Å². The van der Waals surface area contributed by atoms with Crippen LogP contribution in [0, 0.1) is 0 Å². The molecule has 0 unspecified atom stereocenters. The molecule has 2 rings (SSSR count). The van der Waals surface area contributed by atoms with E-state index in [4.69, 9.17) is 5.73 Å². The summed E-state index contributed by atoms with van der Waals surface area (Å²) in [5.74, 6) is 1.03. The molecule has 0 bridgehead atoms. The van der Waals surface area contributed by atoms with Crippen LogP contribution in [0.3, 0.4) is 0 Å². The van der Waals surface area contributed by atoms with Crippen LogP contribution in [0.25, 0.3) is 0 Å². The summed E-state index contributed by atoms with van der Waals surface area (Å²) in [7, 11) is 0. The Morgan fingerprint density at radius 3 is 2.79 bits per heavy atom. The summed E-state index contributed by atoms with van der Waals surface area (Å²) in [6, 6.07) is 0.371. The fourth-order valence-electron chi connectivity index (χ4n) is 1.95. The summed E-state index contributed by atoms with van der Waals surface area (Å²) < 4.78 is 1.97. The van der Waals surface area contributed by atoms with Crippen LogP contribution < -0.4 is 5.73 Å². The van der Waals surface area contributed by atoms with Gasteiger partial charge in [0.1, 0.15) is 12.2 Å². The third kappa shape index (κ3) is 1.66. The number of hydrogen-bond acceptors (Lipinski definition) is 3. The lowest BCUT2D eigenvalue weighted by molar-refractivity contribution is 0.238. The molecule has 1 aliphatic rings. The zero-order valence-corrected chi connectivity index (χ0v) is 8.90. The molecule has 1 fully saturated rings. The highest BCUT2D eigenvalue weighted by atomic mass is 15.3. The smallest absolute Gasteiger partial charge is 0.138 e. The van der Waals surface area contributed by atoms with Gasteiger partial charge in [-0.3, -0.25) is 0 Å². The monoisotopic (exact) mass is 194 g/mol. The van der Waals surface area contributed by atoms with Crippen LogP contribution in [0.1, 0.15) is 45.0 Å². The van der Waals surface area contributed by atoms with Gasteiger partial charge in [0.25, 0.3) is 0 Å². The van der Waals surface area contributed by atoms with Crippen LogP contribution in [0.5, 0.6) is 0 Å². The van der Waals surface area contributed by atoms with E-state index in [1.807, 2.05) is 4.68 Å². The Bertz CT molecular complexity index is 312. The van der Waals surface area contributed by atoms with E-state index in [0.29, 0.717) is 6.04 Å². The van der Waals surface area contributed by atoms with Gasteiger partial charge in [0.2, 0.25) is 0 Å². The summed E-state index contributed by atoms with van der Waals surface area (Å²) in [4.78, 5) is 4.28. The average Bonchev–Trinajstić information content (AvgIpc) is 2.49. The second-order valence-electron chi connectivity index (χ2n) is 4.61. The van der Waals surface area contributed by atoms with Crippen molar-refractivity contribution in [2.45, 2.75) is 51.1 Å². The summed E-state index contributed by atoms with van der Waals surface area (Å²) in [5.41, 5.74) is 6.18. The first kappa shape index (κ1) is 9.65. The Morgan fingerprint density at radius 2 is 2.29 bits per heavy atom. The van der Waals surface area contributed by atoms with Crippen molar-refractivity contribution in [2.24, 2.45) is 5.73 Å². The molecule has 1 aromatic heterocycles. The van der Waals surface area contributed by atoms with Gasteiger partial charge in [-0.25, -0.2) is 9.67 Å². The largest absolute Gasteiger partial charge is 0.325 e. The predicted octanol–water partition coefficient (Wildman–Crippen LogP) is 1.28. The number of aromatic nitrogens is 3. The first-order valence-electron chi connectivity index (χ1n) is 5.28.